The highest BCUT2D eigenvalue weighted by atomic mass is 16.5. The zero-order valence-electron chi connectivity index (χ0n) is 22.2. The molecule has 5 heterocycles. The first-order valence-corrected chi connectivity index (χ1v) is 13.9. The molecule has 0 aliphatic carbocycles. The summed E-state index contributed by atoms with van der Waals surface area (Å²) in [6.45, 7) is 7.72. The standard InChI is InChI=1S/C30H35N7O2/c38-30(35-25-5-6-26(32-18-25)20-36-8-2-1-3-9-36)29-27-15-23(4-7-28(27)33-21-34-29)24-14-22(16-31-17-24)19-37-10-12-39-13-11-37/h4-7,14-18,33H,1-3,8-13,19-21H2,(H,35,38). The van der Waals surface area contributed by atoms with Gasteiger partial charge in [0.2, 0.25) is 0 Å². The molecule has 39 heavy (non-hydrogen) atoms. The summed E-state index contributed by atoms with van der Waals surface area (Å²) in [4.78, 5) is 31.8. The summed E-state index contributed by atoms with van der Waals surface area (Å²) >= 11 is 0. The molecular weight excluding hydrogens is 490 g/mol. The van der Waals surface area contributed by atoms with E-state index in [1.54, 1.807) is 6.20 Å². The Morgan fingerprint density at radius 3 is 2.56 bits per heavy atom. The van der Waals surface area contributed by atoms with Crippen LogP contribution in [0.1, 0.15) is 36.1 Å². The molecule has 9 heteroatoms. The topological polar surface area (TPSA) is 95.0 Å². The predicted molar refractivity (Wildman–Crippen MR) is 153 cm³/mol. The van der Waals surface area contributed by atoms with Crippen LogP contribution in [0.3, 0.4) is 0 Å². The van der Waals surface area contributed by atoms with Crippen LogP contribution in [-0.2, 0) is 22.6 Å². The van der Waals surface area contributed by atoms with E-state index in [1.807, 2.05) is 36.7 Å². The third kappa shape index (κ3) is 6.33. The minimum absolute atomic E-state index is 0.236. The van der Waals surface area contributed by atoms with Crippen molar-refractivity contribution in [3.63, 3.8) is 0 Å². The summed E-state index contributed by atoms with van der Waals surface area (Å²) in [6.07, 6.45) is 9.36. The number of hydrogen-bond donors (Lipinski definition) is 2. The molecule has 3 aliphatic heterocycles. The average molecular weight is 526 g/mol. The van der Waals surface area contributed by atoms with E-state index in [-0.39, 0.29) is 5.91 Å². The predicted octanol–water partition coefficient (Wildman–Crippen LogP) is 3.77. The van der Waals surface area contributed by atoms with Crippen LogP contribution in [0.2, 0.25) is 0 Å². The monoisotopic (exact) mass is 525 g/mol. The van der Waals surface area contributed by atoms with E-state index in [2.05, 4.69) is 47.5 Å². The number of amides is 1. The third-order valence-corrected chi connectivity index (χ3v) is 7.55. The summed E-state index contributed by atoms with van der Waals surface area (Å²) in [5.74, 6) is -0.236. The average Bonchev–Trinajstić information content (AvgIpc) is 2.99. The number of anilines is 2. The Morgan fingerprint density at radius 2 is 1.74 bits per heavy atom. The van der Waals surface area contributed by atoms with Gasteiger partial charge in [-0.25, -0.2) is 0 Å². The van der Waals surface area contributed by atoms with Gasteiger partial charge in [0.25, 0.3) is 5.91 Å². The molecule has 3 aromatic rings. The molecule has 0 unspecified atom stereocenters. The highest BCUT2D eigenvalue weighted by Gasteiger charge is 2.22. The molecule has 2 aromatic heterocycles. The Balaban J connectivity index is 1.15. The summed E-state index contributed by atoms with van der Waals surface area (Å²) in [5.41, 5.74) is 6.96. The molecule has 1 aromatic carbocycles. The van der Waals surface area contributed by atoms with E-state index in [1.165, 1.54) is 19.3 Å². The van der Waals surface area contributed by atoms with Crippen molar-refractivity contribution in [2.75, 3.05) is 56.7 Å². The number of ether oxygens (including phenoxy) is 1. The summed E-state index contributed by atoms with van der Waals surface area (Å²) < 4.78 is 5.47. The quantitative estimate of drug-likeness (QED) is 0.485. The molecular formula is C30H35N7O2. The molecule has 2 fully saturated rings. The van der Waals surface area contributed by atoms with E-state index in [4.69, 9.17) is 4.74 Å². The molecule has 202 valence electrons. The number of aromatic nitrogens is 2. The number of benzene rings is 1. The van der Waals surface area contributed by atoms with Gasteiger partial charge in [0.05, 0.1) is 30.8 Å². The van der Waals surface area contributed by atoms with E-state index < -0.39 is 0 Å². The van der Waals surface area contributed by atoms with Crippen LogP contribution in [0, 0.1) is 0 Å². The van der Waals surface area contributed by atoms with Crippen molar-refractivity contribution in [3.8, 4) is 11.1 Å². The minimum atomic E-state index is -0.236. The number of carbonyl (C=O) groups excluding carboxylic acids is 1. The second-order valence-corrected chi connectivity index (χ2v) is 10.4. The Labute approximate surface area is 229 Å². The molecule has 2 N–H and O–H groups in total. The molecule has 0 radical (unpaired) electrons. The SMILES string of the molecule is O=C(Nc1ccc(CN2CCCCC2)nc1)C1=NCNc2ccc(-c3cncc(CN4CCOCC4)c3)cc21. The van der Waals surface area contributed by atoms with Gasteiger partial charge in [-0.05, 0) is 67.4 Å². The van der Waals surface area contributed by atoms with Gasteiger partial charge in [0.1, 0.15) is 12.4 Å². The molecule has 0 spiro atoms. The van der Waals surface area contributed by atoms with Crippen LogP contribution in [0.4, 0.5) is 11.4 Å². The van der Waals surface area contributed by atoms with Crippen molar-refractivity contribution >= 4 is 23.0 Å². The number of carbonyl (C=O) groups is 1. The highest BCUT2D eigenvalue weighted by molar-refractivity contribution is 6.50. The molecule has 3 aliphatic rings. The number of morpholine rings is 1. The molecule has 0 bridgehead atoms. The fourth-order valence-corrected chi connectivity index (χ4v) is 5.44. The number of likely N-dealkylation sites (tertiary alicyclic amines) is 1. The summed E-state index contributed by atoms with van der Waals surface area (Å²) in [7, 11) is 0. The maximum absolute atomic E-state index is 13.3. The lowest BCUT2D eigenvalue weighted by Crippen LogP contribution is -2.35. The number of fused-ring (bicyclic) bond motifs is 1. The van der Waals surface area contributed by atoms with Gasteiger partial charge in [-0.1, -0.05) is 12.5 Å². The lowest BCUT2D eigenvalue weighted by atomic mass is 9.98. The van der Waals surface area contributed by atoms with Gasteiger partial charge < -0.3 is 15.4 Å². The fraction of sp³-hybridized carbons (Fsp3) is 0.400. The number of nitrogens with zero attached hydrogens (tertiary/aromatic N) is 5. The second kappa shape index (κ2) is 12.0. The zero-order valence-corrected chi connectivity index (χ0v) is 22.2. The Bertz CT molecular complexity index is 1330. The number of rotatable bonds is 7. The first kappa shape index (κ1) is 25.6. The second-order valence-electron chi connectivity index (χ2n) is 10.4. The normalized spacial score (nSPS) is 18.1. The van der Waals surface area contributed by atoms with Crippen molar-refractivity contribution in [1.29, 1.82) is 0 Å². The van der Waals surface area contributed by atoms with Gasteiger partial charge in [-0.3, -0.25) is 29.6 Å². The number of hydrogen-bond acceptors (Lipinski definition) is 8. The van der Waals surface area contributed by atoms with Crippen LogP contribution in [0.25, 0.3) is 11.1 Å². The molecule has 9 nitrogen and oxygen atoms in total. The fourth-order valence-electron chi connectivity index (χ4n) is 5.44. The van der Waals surface area contributed by atoms with Crippen LogP contribution in [-0.4, -0.2) is 77.4 Å². The largest absolute Gasteiger partial charge is 0.379 e. The highest BCUT2D eigenvalue weighted by Crippen LogP contribution is 2.28. The Hall–Kier alpha value is -3.66. The molecule has 0 atom stereocenters. The van der Waals surface area contributed by atoms with Gasteiger partial charge in [-0.15, -0.1) is 0 Å². The van der Waals surface area contributed by atoms with Gasteiger partial charge in [0, 0.05) is 55.4 Å². The number of pyridine rings is 2. The number of piperidine rings is 1. The van der Waals surface area contributed by atoms with Crippen molar-refractivity contribution in [3.05, 3.63) is 71.8 Å². The van der Waals surface area contributed by atoms with Gasteiger partial charge in [-0.2, -0.15) is 0 Å². The van der Waals surface area contributed by atoms with E-state index in [0.717, 1.165) is 86.1 Å². The van der Waals surface area contributed by atoms with Crippen molar-refractivity contribution in [1.82, 2.24) is 19.8 Å². The minimum Gasteiger partial charge on any atom is -0.379 e. The number of nitrogens with one attached hydrogen (secondary N) is 2. The van der Waals surface area contributed by atoms with Crippen LogP contribution < -0.4 is 10.6 Å². The van der Waals surface area contributed by atoms with Crippen LogP contribution in [0.15, 0.2) is 60.0 Å². The van der Waals surface area contributed by atoms with Crippen molar-refractivity contribution in [2.45, 2.75) is 32.4 Å². The Morgan fingerprint density at radius 1 is 0.897 bits per heavy atom. The van der Waals surface area contributed by atoms with Crippen molar-refractivity contribution in [2.24, 2.45) is 4.99 Å². The van der Waals surface area contributed by atoms with E-state index in [0.29, 0.717) is 18.1 Å². The van der Waals surface area contributed by atoms with Gasteiger partial charge >= 0.3 is 0 Å². The molecule has 1 amide bonds. The zero-order chi connectivity index (χ0) is 26.4. The third-order valence-electron chi connectivity index (χ3n) is 7.55. The lowest BCUT2D eigenvalue weighted by Gasteiger charge is -2.26. The smallest absolute Gasteiger partial charge is 0.274 e. The van der Waals surface area contributed by atoms with Crippen molar-refractivity contribution < 1.29 is 9.53 Å². The summed E-state index contributed by atoms with van der Waals surface area (Å²) in [6, 6.07) is 12.2. The van der Waals surface area contributed by atoms with Crippen LogP contribution in [0.5, 0.6) is 0 Å². The molecule has 2 saturated heterocycles. The number of aliphatic imine (C=N–C) groups is 1. The maximum Gasteiger partial charge on any atom is 0.274 e. The van der Waals surface area contributed by atoms with Crippen LogP contribution >= 0.6 is 0 Å². The first-order valence-electron chi connectivity index (χ1n) is 13.9. The lowest BCUT2D eigenvalue weighted by molar-refractivity contribution is -0.110. The first-order chi connectivity index (χ1) is 19.2. The molecule has 6 rings (SSSR count). The van der Waals surface area contributed by atoms with E-state index in [9.17, 15) is 4.79 Å². The summed E-state index contributed by atoms with van der Waals surface area (Å²) in [5, 5.41) is 6.28. The van der Waals surface area contributed by atoms with Gasteiger partial charge in [0.15, 0.2) is 0 Å². The van der Waals surface area contributed by atoms with E-state index >= 15 is 0 Å². The maximum atomic E-state index is 13.3. The Kier molecular flexibility index (Phi) is 7.90. The molecule has 0 saturated carbocycles.